The lowest BCUT2D eigenvalue weighted by Crippen LogP contribution is -2.42. The Bertz CT molecular complexity index is 494. The molecule has 1 aliphatic rings. The molecule has 1 aromatic rings. The number of rotatable bonds is 2. The van der Waals surface area contributed by atoms with E-state index in [2.05, 4.69) is 32.7 Å². The highest BCUT2D eigenvalue weighted by Gasteiger charge is 2.35. The molecule has 0 unspecified atom stereocenters. The molecule has 1 amide bonds. The van der Waals surface area contributed by atoms with Gasteiger partial charge < -0.3 is 10.6 Å². The lowest BCUT2D eigenvalue weighted by atomic mass is 10.0. The van der Waals surface area contributed by atoms with Gasteiger partial charge in [0.05, 0.1) is 0 Å². The molecule has 104 valence electrons. The molecule has 0 saturated carbocycles. The largest absolute Gasteiger partial charge is 0.384 e. The molecule has 2 N–H and O–H groups in total. The highest BCUT2D eigenvalue weighted by Crippen LogP contribution is 2.30. The van der Waals surface area contributed by atoms with Crippen LogP contribution in [-0.4, -0.2) is 27.9 Å². The number of nitrogens with two attached hydrogens (primary N) is 1. The summed E-state index contributed by atoms with van der Waals surface area (Å²) in [4.78, 5) is 18.9. The normalized spacial score (nSPS) is 18.1. The molecule has 19 heavy (non-hydrogen) atoms. The van der Waals surface area contributed by atoms with Gasteiger partial charge in [-0.15, -0.1) is 0 Å². The minimum absolute atomic E-state index is 0.0624. The second-order valence-electron chi connectivity index (χ2n) is 6.23. The van der Waals surface area contributed by atoms with Crippen LogP contribution in [0.3, 0.4) is 0 Å². The number of likely N-dealkylation sites (tertiary alicyclic amines) is 1. The SMILES string of the molecule is CC(C)c1cc(C(=O)N2CCCC2(C)C)cc(N)n1. The summed E-state index contributed by atoms with van der Waals surface area (Å²) in [5, 5.41) is 0. The summed E-state index contributed by atoms with van der Waals surface area (Å²) in [7, 11) is 0. The highest BCUT2D eigenvalue weighted by atomic mass is 16.2. The average molecular weight is 261 g/mol. The van der Waals surface area contributed by atoms with Crippen molar-refractivity contribution in [2.45, 2.75) is 52.0 Å². The van der Waals surface area contributed by atoms with Gasteiger partial charge in [0.25, 0.3) is 5.91 Å². The molecule has 0 spiro atoms. The molecule has 0 bridgehead atoms. The summed E-state index contributed by atoms with van der Waals surface area (Å²) >= 11 is 0. The zero-order chi connectivity index (χ0) is 14.2. The summed E-state index contributed by atoms with van der Waals surface area (Å²) in [5.74, 6) is 0.756. The first-order chi connectivity index (χ1) is 8.81. The number of amides is 1. The van der Waals surface area contributed by atoms with E-state index in [0.29, 0.717) is 11.4 Å². The Labute approximate surface area is 115 Å². The molecule has 0 aliphatic carbocycles. The van der Waals surface area contributed by atoms with Crippen LogP contribution in [0.5, 0.6) is 0 Å². The van der Waals surface area contributed by atoms with Crippen molar-refractivity contribution < 1.29 is 4.79 Å². The third kappa shape index (κ3) is 2.72. The van der Waals surface area contributed by atoms with Crippen molar-refractivity contribution in [2.75, 3.05) is 12.3 Å². The molecule has 1 fully saturated rings. The number of hydrogen-bond donors (Lipinski definition) is 1. The van der Waals surface area contributed by atoms with Crippen molar-refractivity contribution in [3.63, 3.8) is 0 Å². The molecular weight excluding hydrogens is 238 g/mol. The number of anilines is 1. The number of carbonyl (C=O) groups excluding carboxylic acids is 1. The molecular formula is C15H23N3O. The van der Waals surface area contributed by atoms with E-state index in [-0.39, 0.29) is 17.4 Å². The van der Waals surface area contributed by atoms with Gasteiger partial charge in [-0.25, -0.2) is 4.98 Å². The summed E-state index contributed by atoms with van der Waals surface area (Å²) < 4.78 is 0. The molecule has 4 nitrogen and oxygen atoms in total. The van der Waals surface area contributed by atoms with Gasteiger partial charge in [-0.2, -0.15) is 0 Å². The maximum Gasteiger partial charge on any atom is 0.254 e. The molecule has 1 aromatic heterocycles. The Morgan fingerprint density at radius 2 is 2.11 bits per heavy atom. The summed E-state index contributed by atoms with van der Waals surface area (Å²) in [6.45, 7) is 9.16. The molecule has 1 saturated heterocycles. The van der Waals surface area contributed by atoms with Crippen molar-refractivity contribution in [2.24, 2.45) is 0 Å². The van der Waals surface area contributed by atoms with Crippen molar-refractivity contribution in [3.05, 3.63) is 23.4 Å². The molecule has 0 atom stereocenters. The quantitative estimate of drug-likeness (QED) is 0.890. The van der Waals surface area contributed by atoms with Crippen LogP contribution in [-0.2, 0) is 0 Å². The second kappa shape index (κ2) is 4.83. The Morgan fingerprint density at radius 1 is 1.42 bits per heavy atom. The predicted molar refractivity (Wildman–Crippen MR) is 77.1 cm³/mol. The Morgan fingerprint density at radius 3 is 2.63 bits per heavy atom. The molecule has 0 radical (unpaired) electrons. The number of nitrogen functional groups attached to an aromatic ring is 1. The van der Waals surface area contributed by atoms with Gasteiger partial charge in [0.2, 0.25) is 0 Å². The summed E-state index contributed by atoms with van der Waals surface area (Å²) in [6, 6.07) is 3.56. The molecule has 2 heterocycles. The van der Waals surface area contributed by atoms with Gasteiger partial charge in [-0.3, -0.25) is 4.79 Å². The Balaban J connectivity index is 2.34. The molecule has 2 rings (SSSR count). The van der Waals surface area contributed by atoms with Gasteiger partial charge in [-0.1, -0.05) is 13.8 Å². The zero-order valence-electron chi connectivity index (χ0n) is 12.2. The maximum absolute atomic E-state index is 12.6. The van der Waals surface area contributed by atoms with Gasteiger partial charge in [-0.05, 0) is 44.7 Å². The van der Waals surface area contributed by atoms with E-state index in [4.69, 9.17) is 5.73 Å². The standard InChI is InChI=1S/C15H23N3O/c1-10(2)12-8-11(9-13(16)17-12)14(19)18-7-5-6-15(18,3)4/h8-10H,5-7H2,1-4H3,(H2,16,17). The van der Waals surface area contributed by atoms with Crippen LogP contribution in [0.2, 0.25) is 0 Å². The fourth-order valence-corrected chi connectivity index (χ4v) is 2.63. The van der Waals surface area contributed by atoms with Crippen LogP contribution in [0.1, 0.15) is 62.5 Å². The molecule has 1 aliphatic heterocycles. The van der Waals surface area contributed by atoms with Crippen LogP contribution in [0, 0.1) is 0 Å². The first kappa shape index (κ1) is 13.8. The van der Waals surface area contributed by atoms with Crippen molar-refractivity contribution >= 4 is 11.7 Å². The van der Waals surface area contributed by atoms with Gasteiger partial charge >= 0.3 is 0 Å². The third-order valence-electron chi connectivity index (χ3n) is 3.85. The van der Waals surface area contributed by atoms with Crippen LogP contribution in [0.25, 0.3) is 0 Å². The minimum atomic E-state index is -0.0624. The van der Waals surface area contributed by atoms with E-state index < -0.39 is 0 Å². The number of aromatic nitrogens is 1. The number of nitrogens with zero attached hydrogens (tertiary/aromatic N) is 2. The molecule has 0 aromatic carbocycles. The van der Waals surface area contributed by atoms with E-state index in [1.165, 1.54) is 0 Å². The monoisotopic (exact) mass is 261 g/mol. The van der Waals surface area contributed by atoms with Crippen LogP contribution < -0.4 is 5.73 Å². The number of pyridine rings is 1. The molecule has 4 heteroatoms. The van der Waals surface area contributed by atoms with Gasteiger partial charge in [0, 0.05) is 23.3 Å². The topological polar surface area (TPSA) is 59.2 Å². The number of carbonyl (C=O) groups is 1. The maximum atomic E-state index is 12.6. The minimum Gasteiger partial charge on any atom is -0.384 e. The van der Waals surface area contributed by atoms with Crippen LogP contribution in [0.4, 0.5) is 5.82 Å². The van der Waals surface area contributed by atoms with Crippen molar-refractivity contribution in [1.82, 2.24) is 9.88 Å². The smallest absolute Gasteiger partial charge is 0.254 e. The second-order valence-corrected chi connectivity index (χ2v) is 6.23. The van der Waals surface area contributed by atoms with E-state index >= 15 is 0 Å². The average Bonchev–Trinajstić information content (AvgIpc) is 2.67. The highest BCUT2D eigenvalue weighted by molar-refractivity contribution is 5.95. The zero-order valence-corrected chi connectivity index (χ0v) is 12.2. The third-order valence-corrected chi connectivity index (χ3v) is 3.85. The van der Waals surface area contributed by atoms with E-state index in [1.54, 1.807) is 6.07 Å². The fourth-order valence-electron chi connectivity index (χ4n) is 2.63. The lowest BCUT2D eigenvalue weighted by molar-refractivity contribution is 0.0652. The Kier molecular flexibility index (Phi) is 3.52. The van der Waals surface area contributed by atoms with Crippen LogP contribution >= 0.6 is 0 Å². The first-order valence-electron chi connectivity index (χ1n) is 6.91. The van der Waals surface area contributed by atoms with E-state index in [0.717, 1.165) is 25.1 Å². The lowest BCUT2D eigenvalue weighted by Gasteiger charge is -2.31. The number of hydrogen-bond acceptors (Lipinski definition) is 3. The fraction of sp³-hybridized carbons (Fsp3) is 0.600. The van der Waals surface area contributed by atoms with Crippen molar-refractivity contribution in [1.29, 1.82) is 0 Å². The van der Waals surface area contributed by atoms with E-state index in [9.17, 15) is 4.79 Å². The van der Waals surface area contributed by atoms with E-state index in [1.807, 2.05) is 11.0 Å². The summed E-state index contributed by atoms with van der Waals surface area (Å²) in [6.07, 6.45) is 2.12. The van der Waals surface area contributed by atoms with Gasteiger partial charge in [0.1, 0.15) is 5.82 Å². The first-order valence-corrected chi connectivity index (χ1v) is 6.91. The summed E-state index contributed by atoms with van der Waals surface area (Å²) in [5.41, 5.74) is 7.29. The van der Waals surface area contributed by atoms with Crippen molar-refractivity contribution in [3.8, 4) is 0 Å². The van der Waals surface area contributed by atoms with Crippen LogP contribution in [0.15, 0.2) is 12.1 Å². The Hall–Kier alpha value is -1.58. The predicted octanol–water partition coefficient (Wildman–Crippen LogP) is 2.80. The van der Waals surface area contributed by atoms with Gasteiger partial charge in [0.15, 0.2) is 0 Å².